The number of alkyl halides is 1. The molecule has 3 N–H and O–H groups in total. The maximum Gasteiger partial charge on any atom is 0.337 e. The molecular weight excluding hydrogens is 292 g/mol. The number of ketones is 1. The highest BCUT2D eigenvalue weighted by Crippen LogP contribution is 2.33. The van der Waals surface area contributed by atoms with Crippen LogP contribution >= 0.6 is 15.9 Å². The molecule has 6 heteroatoms. The monoisotopic (exact) mass is 302 g/mol. The molecule has 0 radical (unpaired) electrons. The number of carbonyl (C=O) groups is 2. The minimum absolute atomic E-state index is 0.0763. The molecule has 0 saturated heterocycles. The van der Waals surface area contributed by atoms with Gasteiger partial charge in [-0.05, 0) is 30.2 Å². The Morgan fingerprint density at radius 1 is 1.29 bits per heavy atom. The van der Waals surface area contributed by atoms with Crippen molar-refractivity contribution in [2.45, 2.75) is 17.9 Å². The molecule has 0 aliphatic carbocycles. The number of carbonyl (C=O) groups excluding carboxylic acids is 1. The van der Waals surface area contributed by atoms with E-state index in [1.165, 1.54) is 25.1 Å². The fourth-order valence-corrected chi connectivity index (χ4v) is 1.78. The van der Waals surface area contributed by atoms with Crippen LogP contribution in [0, 0.1) is 0 Å². The van der Waals surface area contributed by atoms with Gasteiger partial charge < -0.3 is 15.3 Å². The van der Waals surface area contributed by atoms with Crippen molar-refractivity contribution in [3.05, 3.63) is 29.3 Å². The molecule has 1 aromatic rings. The molecular formula is C11H11BrO5. The minimum Gasteiger partial charge on any atom is -0.508 e. The lowest BCUT2D eigenvalue weighted by Gasteiger charge is -2.15. The van der Waals surface area contributed by atoms with Gasteiger partial charge in [0.2, 0.25) is 0 Å². The van der Waals surface area contributed by atoms with E-state index in [9.17, 15) is 19.8 Å². The molecule has 0 spiro atoms. The summed E-state index contributed by atoms with van der Waals surface area (Å²) in [5.41, 5.74) is 0.319. The molecule has 17 heavy (non-hydrogen) atoms. The van der Waals surface area contributed by atoms with Crippen LogP contribution in [0.5, 0.6) is 5.75 Å². The van der Waals surface area contributed by atoms with Crippen molar-refractivity contribution in [1.29, 1.82) is 0 Å². The first-order valence-electron chi connectivity index (χ1n) is 4.72. The fraction of sp³-hybridized carbons (Fsp3) is 0.273. The molecule has 0 amide bonds. The van der Waals surface area contributed by atoms with Gasteiger partial charge >= 0.3 is 5.97 Å². The number of phenolic OH excluding ortho intramolecular Hbond substituents is 1. The predicted octanol–water partition coefficient (Wildman–Crippen LogP) is 1.54. The molecule has 0 heterocycles. The molecule has 0 aliphatic heterocycles. The van der Waals surface area contributed by atoms with Crippen LogP contribution in [-0.4, -0.2) is 27.1 Å². The van der Waals surface area contributed by atoms with E-state index >= 15 is 0 Å². The Labute approximate surface area is 106 Å². The number of halogens is 1. The smallest absolute Gasteiger partial charge is 0.337 e. The van der Waals surface area contributed by atoms with Crippen LogP contribution in [-0.2, 0) is 9.59 Å². The summed E-state index contributed by atoms with van der Waals surface area (Å²) in [6, 6.07) is 3.79. The Bertz CT molecular complexity index is 457. The van der Waals surface area contributed by atoms with Crippen molar-refractivity contribution >= 4 is 27.7 Å². The Hall–Kier alpha value is -1.40. The number of benzene rings is 1. The van der Waals surface area contributed by atoms with Gasteiger partial charge in [0.1, 0.15) is 11.5 Å². The van der Waals surface area contributed by atoms with E-state index in [1.54, 1.807) is 0 Å². The third kappa shape index (κ3) is 3.04. The van der Waals surface area contributed by atoms with E-state index in [1.807, 2.05) is 0 Å². The van der Waals surface area contributed by atoms with Gasteiger partial charge in [0, 0.05) is 0 Å². The highest BCUT2D eigenvalue weighted by Gasteiger charge is 2.25. The summed E-state index contributed by atoms with van der Waals surface area (Å²) in [5.74, 6) is -1.78. The molecule has 0 fully saturated rings. The first-order valence-corrected chi connectivity index (χ1v) is 5.64. The molecule has 0 aliphatic rings. The Kier molecular flexibility index (Phi) is 4.25. The number of Topliss-reactive ketones (excluding diaryl/α,β-unsaturated/α-hetero) is 1. The molecule has 0 aromatic heterocycles. The van der Waals surface area contributed by atoms with Crippen LogP contribution in [0.25, 0.3) is 0 Å². The van der Waals surface area contributed by atoms with Gasteiger partial charge in [0.25, 0.3) is 0 Å². The maximum atomic E-state index is 11.2. The number of aliphatic hydroxyl groups excluding tert-OH is 1. The lowest BCUT2D eigenvalue weighted by Crippen LogP contribution is -2.14. The van der Waals surface area contributed by atoms with Crippen LogP contribution < -0.4 is 0 Å². The number of phenols is 1. The Morgan fingerprint density at radius 2 is 1.88 bits per heavy atom. The summed E-state index contributed by atoms with van der Waals surface area (Å²) in [5, 5.41) is 27.6. The highest BCUT2D eigenvalue weighted by molar-refractivity contribution is 9.09. The van der Waals surface area contributed by atoms with E-state index in [0.717, 1.165) is 0 Å². The number of rotatable bonds is 4. The van der Waals surface area contributed by atoms with Crippen LogP contribution in [0.15, 0.2) is 18.2 Å². The van der Waals surface area contributed by atoms with Crippen molar-refractivity contribution in [2.75, 3.05) is 0 Å². The van der Waals surface area contributed by atoms with Crippen molar-refractivity contribution in [3.63, 3.8) is 0 Å². The van der Waals surface area contributed by atoms with Crippen molar-refractivity contribution in [2.24, 2.45) is 0 Å². The first kappa shape index (κ1) is 13.7. The summed E-state index contributed by atoms with van der Waals surface area (Å²) in [4.78, 5) is 21.2. The molecule has 2 atom stereocenters. The summed E-state index contributed by atoms with van der Waals surface area (Å²) >= 11 is 3.09. The van der Waals surface area contributed by atoms with Gasteiger partial charge in [0.15, 0.2) is 6.10 Å². The van der Waals surface area contributed by atoms with Gasteiger partial charge in [-0.15, -0.1) is 0 Å². The second-order valence-electron chi connectivity index (χ2n) is 3.53. The second kappa shape index (κ2) is 5.29. The Balaban J connectivity index is 3.30. The summed E-state index contributed by atoms with van der Waals surface area (Å²) in [6.45, 7) is 1.32. The second-order valence-corrected chi connectivity index (χ2v) is 4.44. The predicted molar refractivity (Wildman–Crippen MR) is 63.1 cm³/mol. The van der Waals surface area contributed by atoms with Crippen molar-refractivity contribution < 1.29 is 24.9 Å². The number of hydrogen-bond donors (Lipinski definition) is 3. The molecule has 2 unspecified atom stereocenters. The van der Waals surface area contributed by atoms with E-state index in [0.29, 0.717) is 0 Å². The lowest BCUT2D eigenvalue weighted by atomic mass is 9.98. The van der Waals surface area contributed by atoms with Crippen LogP contribution in [0.4, 0.5) is 0 Å². The van der Waals surface area contributed by atoms with E-state index < -0.39 is 16.9 Å². The van der Waals surface area contributed by atoms with Gasteiger partial charge in [-0.1, -0.05) is 22.0 Å². The maximum absolute atomic E-state index is 11.2. The first-order chi connectivity index (χ1) is 7.84. The number of aliphatic carboxylic acids is 1. The molecule has 92 valence electrons. The third-order valence-electron chi connectivity index (χ3n) is 2.23. The summed E-state index contributed by atoms with van der Waals surface area (Å²) in [6.07, 6.45) is -1.73. The molecule has 1 aromatic carbocycles. The van der Waals surface area contributed by atoms with Crippen molar-refractivity contribution in [1.82, 2.24) is 0 Å². The highest BCUT2D eigenvalue weighted by atomic mass is 79.9. The van der Waals surface area contributed by atoms with Gasteiger partial charge in [-0.3, -0.25) is 4.79 Å². The molecule has 1 rings (SSSR count). The average Bonchev–Trinajstić information content (AvgIpc) is 2.26. The minimum atomic E-state index is -1.73. The van der Waals surface area contributed by atoms with Crippen molar-refractivity contribution in [3.8, 4) is 5.75 Å². The third-order valence-corrected chi connectivity index (χ3v) is 3.37. The summed E-state index contributed by atoms with van der Waals surface area (Å²) < 4.78 is 0. The largest absolute Gasteiger partial charge is 0.508 e. The van der Waals surface area contributed by atoms with Gasteiger partial charge in [0.05, 0.1) is 4.83 Å². The number of carboxylic acid groups (broad SMARTS) is 1. The zero-order valence-electron chi connectivity index (χ0n) is 8.92. The molecule has 5 nitrogen and oxygen atoms in total. The van der Waals surface area contributed by atoms with Crippen LogP contribution in [0.1, 0.15) is 29.0 Å². The Morgan fingerprint density at radius 3 is 2.35 bits per heavy atom. The molecule has 0 saturated carbocycles. The number of aliphatic hydroxyl groups is 1. The zero-order valence-corrected chi connectivity index (χ0v) is 10.5. The van der Waals surface area contributed by atoms with Gasteiger partial charge in [-0.2, -0.15) is 0 Å². The topological polar surface area (TPSA) is 94.8 Å². The van der Waals surface area contributed by atoms with Gasteiger partial charge in [-0.25, -0.2) is 4.79 Å². The SMILES string of the molecule is CC(=O)C(Br)c1cc(O)ccc1C(O)C(=O)O. The quantitative estimate of drug-likeness (QED) is 0.733. The summed E-state index contributed by atoms with van der Waals surface area (Å²) in [7, 11) is 0. The van der Waals surface area contributed by atoms with E-state index in [2.05, 4.69) is 15.9 Å². The normalized spacial score (nSPS) is 14.1. The average molecular weight is 303 g/mol. The fourth-order valence-electron chi connectivity index (χ4n) is 1.38. The van der Waals surface area contributed by atoms with E-state index in [4.69, 9.17) is 5.11 Å². The van der Waals surface area contributed by atoms with Crippen LogP contribution in [0.2, 0.25) is 0 Å². The lowest BCUT2D eigenvalue weighted by molar-refractivity contribution is -0.147. The zero-order chi connectivity index (χ0) is 13.2. The number of carboxylic acids is 1. The number of aromatic hydroxyl groups is 1. The number of hydrogen-bond acceptors (Lipinski definition) is 4. The molecule has 0 bridgehead atoms. The van der Waals surface area contributed by atoms with Crippen LogP contribution in [0.3, 0.4) is 0 Å². The standard InChI is InChI=1S/C11H11BrO5/c1-5(13)9(12)8-4-6(14)2-3-7(8)10(15)11(16)17/h2-4,9-10,14-15H,1H3,(H,16,17). The van der Waals surface area contributed by atoms with E-state index in [-0.39, 0.29) is 22.7 Å².